The van der Waals surface area contributed by atoms with Crippen molar-refractivity contribution in [3.8, 4) is 5.75 Å². The van der Waals surface area contributed by atoms with E-state index >= 15 is 0 Å². The molecule has 0 amide bonds. The number of rotatable bonds is 3. The molecule has 0 atom stereocenters. The molecule has 2 heteroatoms. The quantitative estimate of drug-likeness (QED) is 0.800. The minimum absolute atomic E-state index is 0.245. The number of hydrogen-bond donors (Lipinski definition) is 0. The third-order valence-corrected chi connectivity index (χ3v) is 3.90. The Morgan fingerprint density at radius 3 is 2.53 bits per heavy atom. The fraction of sp³-hybridized carbons (Fsp3) is 0.533. The Hall–Kier alpha value is -1.31. The van der Waals surface area contributed by atoms with Crippen LogP contribution in [0.1, 0.15) is 41.2 Å². The predicted octanol–water partition coefficient (Wildman–Crippen LogP) is 3.07. The molecule has 2 rings (SSSR count). The predicted molar refractivity (Wildman–Crippen MR) is 68.9 cm³/mol. The molecule has 0 saturated heterocycles. The lowest BCUT2D eigenvalue weighted by molar-refractivity contribution is -0.116. The third kappa shape index (κ3) is 2.08. The largest absolute Gasteiger partial charge is 0.493 e. The van der Waals surface area contributed by atoms with Crippen LogP contribution in [0.5, 0.6) is 5.75 Å². The molecule has 0 saturated carbocycles. The lowest BCUT2D eigenvalue weighted by Gasteiger charge is -2.16. The standard InChI is InChI=1S/C15H20O2/c1-9(16)5-6-13-11(3)10(2)12(4)14-7-8-17-15(13)14/h5-8H2,1-4H3. The first-order chi connectivity index (χ1) is 8.02. The third-order valence-electron chi connectivity index (χ3n) is 3.90. The van der Waals surface area contributed by atoms with Crippen LogP contribution in [0.4, 0.5) is 0 Å². The van der Waals surface area contributed by atoms with E-state index < -0.39 is 0 Å². The average Bonchev–Trinajstić information content (AvgIpc) is 2.74. The van der Waals surface area contributed by atoms with E-state index in [4.69, 9.17) is 4.74 Å². The Balaban J connectivity index is 2.47. The maximum absolute atomic E-state index is 11.1. The summed E-state index contributed by atoms with van der Waals surface area (Å²) < 4.78 is 5.77. The fourth-order valence-electron chi connectivity index (χ4n) is 2.59. The number of Topliss-reactive ketones (excluding diaryl/α,β-unsaturated/α-hetero) is 1. The molecular weight excluding hydrogens is 212 g/mol. The second-order valence-electron chi connectivity index (χ2n) is 4.96. The van der Waals surface area contributed by atoms with Crippen LogP contribution in [0, 0.1) is 20.8 Å². The molecule has 2 nitrogen and oxygen atoms in total. The van der Waals surface area contributed by atoms with Crippen LogP contribution in [0.3, 0.4) is 0 Å². The Morgan fingerprint density at radius 1 is 1.18 bits per heavy atom. The number of carbonyl (C=O) groups excluding carboxylic acids is 1. The number of hydrogen-bond acceptors (Lipinski definition) is 2. The van der Waals surface area contributed by atoms with Crippen molar-refractivity contribution in [2.24, 2.45) is 0 Å². The van der Waals surface area contributed by atoms with Crippen molar-refractivity contribution in [3.05, 3.63) is 27.8 Å². The van der Waals surface area contributed by atoms with Gasteiger partial charge in [0.05, 0.1) is 6.61 Å². The minimum Gasteiger partial charge on any atom is -0.493 e. The van der Waals surface area contributed by atoms with Crippen LogP contribution in [-0.4, -0.2) is 12.4 Å². The Morgan fingerprint density at radius 2 is 1.88 bits per heavy atom. The molecule has 1 heterocycles. The van der Waals surface area contributed by atoms with Crippen LogP contribution < -0.4 is 4.74 Å². The van der Waals surface area contributed by atoms with Crippen LogP contribution >= 0.6 is 0 Å². The van der Waals surface area contributed by atoms with Gasteiger partial charge in [0.1, 0.15) is 11.5 Å². The van der Waals surface area contributed by atoms with Gasteiger partial charge in [0.2, 0.25) is 0 Å². The molecule has 17 heavy (non-hydrogen) atoms. The first-order valence-corrected chi connectivity index (χ1v) is 6.26. The van der Waals surface area contributed by atoms with Crippen molar-refractivity contribution >= 4 is 5.78 Å². The second-order valence-corrected chi connectivity index (χ2v) is 4.96. The Kier molecular flexibility index (Phi) is 3.23. The number of benzene rings is 1. The second kappa shape index (κ2) is 4.52. The molecule has 0 radical (unpaired) electrons. The van der Waals surface area contributed by atoms with E-state index in [1.807, 2.05) is 0 Å². The highest BCUT2D eigenvalue weighted by molar-refractivity contribution is 5.76. The molecule has 1 aromatic rings. The summed E-state index contributed by atoms with van der Waals surface area (Å²) in [5.41, 5.74) is 6.61. The highest BCUT2D eigenvalue weighted by atomic mass is 16.5. The first-order valence-electron chi connectivity index (χ1n) is 6.26. The number of ether oxygens (including phenoxy) is 1. The molecule has 1 aliphatic heterocycles. The monoisotopic (exact) mass is 232 g/mol. The number of fused-ring (bicyclic) bond motifs is 1. The van der Waals surface area contributed by atoms with E-state index in [1.54, 1.807) is 6.92 Å². The smallest absolute Gasteiger partial charge is 0.130 e. The summed E-state index contributed by atoms with van der Waals surface area (Å²) in [6, 6.07) is 0. The Bertz CT molecular complexity index is 473. The van der Waals surface area contributed by atoms with Gasteiger partial charge in [-0.1, -0.05) is 0 Å². The van der Waals surface area contributed by atoms with Gasteiger partial charge in [0.25, 0.3) is 0 Å². The zero-order valence-electron chi connectivity index (χ0n) is 11.1. The van der Waals surface area contributed by atoms with Crippen LogP contribution in [0.2, 0.25) is 0 Å². The highest BCUT2D eigenvalue weighted by Gasteiger charge is 2.22. The maximum atomic E-state index is 11.1. The van der Waals surface area contributed by atoms with Crippen LogP contribution in [0.15, 0.2) is 0 Å². The maximum Gasteiger partial charge on any atom is 0.130 e. The van der Waals surface area contributed by atoms with Gasteiger partial charge in [-0.2, -0.15) is 0 Å². The van der Waals surface area contributed by atoms with Crippen molar-refractivity contribution in [2.75, 3.05) is 6.61 Å². The zero-order valence-corrected chi connectivity index (χ0v) is 11.1. The molecule has 0 unspecified atom stereocenters. The van der Waals surface area contributed by atoms with Crippen molar-refractivity contribution in [1.82, 2.24) is 0 Å². The van der Waals surface area contributed by atoms with Gasteiger partial charge in [0, 0.05) is 18.4 Å². The summed E-state index contributed by atoms with van der Waals surface area (Å²) >= 11 is 0. The van der Waals surface area contributed by atoms with Gasteiger partial charge >= 0.3 is 0 Å². The molecule has 0 N–H and O–H groups in total. The van der Waals surface area contributed by atoms with Gasteiger partial charge < -0.3 is 9.53 Å². The van der Waals surface area contributed by atoms with Gasteiger partial charge in [0.15, 0.2) is 0 Å². The van der Waals surface area contributed by atoms with Crippen molar-refractivity contribution < 1.29 is 9.53 Å². The Labute approximate surface area is 103 Å². The van der Waals surface area contributed by atoms with E-state index in [-0.39, 0.29) is 5.78 Å². The van der Waals surface area contributed by atoms with Crippen molar-refractivity contribution in [2.45, 2.75) is 47.0 Å². The van der Waals surface area contributed by atoms with E-state index in [0.29, 0.717) is 6.42 Å². The summed E-state index contributed by atoms with van der Waals surface area (Å²) in [7, 11) is 0. The fourth-order valence-corrected chi connectivity index (χ4v) is 2.59. The molecule has 0 fully saturated rings. The SMILES string of the molecule is CC(=O)CCc1c(C)c(C)c(C)c2c1OCC2. The summed E-state index contributed by atoms with van der Waals surface area (Å²) in [6.45, 7) is 8.91. The molecule has 0 spiro atoms. The van der Waals surface area contributed by atoms with Gasteiger partial charge in [-0.05, 0) is 56.4 Å². The van der Waals surface area contributed by atoms with Crippen LogP contribution in [-0.2, 0) is 17.6 Å². The first kappa shape index (κ1) is 12.2. The minimum atomic E-state index is 0.245. The van der Waals surface area contributed by atoms with E-state index in [9.17, 15) is 4.79 Å². The summed E-state index contributed by atoms with van der Waals surface area (Å²) in [5.74, 6) is 1.31. The summed E-state index contributed by atoms with van der Waals surface area (Å²) in [5, 5.41) is 0. The van der Waals surface area contributed by atoms with Crippen LogP contribution in [0.25, 0.3) is 0 Å². The van der Waals surface area contributed by atoms with Gasteiger partial charge in [-0.15, -0.1) is 0 Å². The normalized spacial score (nSPS) is 13.4. The lowest BCUT2D eigenvalue weighted by atomic mass is 9.90. The zero-order chi connectivity index (χ0) is 12.6. The summed E-state index contributed by atoms with van der Waals surface area (Å²) in [4.78, 5) is 11.1. The number of ketones is 1. The van der Waals surface area contributed by atoms with Crippen molar-refractivity contribution in [1.29, 1.82) is 0 Å². The molecule has 1 aliphatic rings. The highest BCUT2D eigenvalue weighted by Crippen LogP contribution is 2.37. The summed E-state index contributed by atoms with van der Waals surface area (Å²) in [6.07, 6.45) is 2.43. The van der Waals surface area contributed by atoms with E-state index in [2.05, 4.69) is 20.8 Å². The van der Waals surface area contributed by atoms with Gasteiger partial charge in [-0.3, -0.25) is 0 Å². The molecule has 0 aliphatic carbocycles. The van der Waals surface area contributed by atoms with Gasteiger partial charge in [-0.25, -0.2) is 0 Å². The lowest BCUT2D eigenvalue weighted by Crippen LogP contribution is -2.03. The van der Waals surface area contributed by atoms with Crippen molar-refractivity contribution in [3.63, 3.8) is 0 Å². The molecule has 1 aromatic carbocycles. The molecule has 92 valence electrons. The van der Waals surface area contributed by atoms with E-state index in [1.165, 1.54) is 27.8 Å². The van der Waals surface area contributed by atoms with E-state index in [0.717, 1.165) is 25.2 Å². The molecule has 0 aromatic heterocycles. The number of carbonyl (C=O) groups is 1. The molecular formula is C15H20O2. The topological polar surface area (TPSA) is 26.3 Å². The average molecular weight is 232 g/mol. The molecule has 0 bridgehead atoms.